The van der Waals surface area contributed by atoms with Crippen molar-refractivity contribution in [3.05, 3.63) is 24.3 Å². The van der Waals surface area contributed by atoms with Crippen molar-refractivity contribution in [2.75, 3.05) is 17.2 Å². The lowest BCUT2D eigenvalue weighted by Crippen LogP contribution is -2.19. The van der Waals surface area contributed by atoms with Gasteiger partial charge in [0.1, 0.15) is 0 Å². The molecule has 0 aromatic heterocycles. The van der Waals surface area contributed by atoms with Crippen LogP contribution in [0.25, 0.3) is 0 Å². The molecule has 118 valence electrons. The largest absolute Gasteiger partial charge is 0.351 e. The van der Waals surface area contributed by atoms with Crippen LogP contribution in [-0.4, -0.2) is 18.5 Å². The molecule has 0 unspecified atom stereocenters. The standard InChI is InChI=1S/C14H22N4O2.ClH/c15-9-4-2-1-3-8-13(19)17-11-6-5-7-12(10-11)18-14(16)20;/h5-7,10H,1-4,8-9,15H2,(H,17,19)(H3,16,18,20);1H. The second kappa shape index (κ2) is 10.9. The van der Waals surface area contributed by atoms with Crippen LogP contribution in [0.3, 0.4) is 0 Å². The van der Waals surface area contributed by atoms with Gasteiger partial charge in [0.2, 0.25) is 5.91 Å². The molecule has 0 saturated heterocycles. The van der Waals surface area contributed by atoms with Crippen LogP contribution in [-0.2, 0) is 4.79 Å². The maximum Gasteiger partial charge on any atom is 0.316 e. The lowest BCUT2D eigenvalue weighted by Gasteiger charge is -2.07. The molecule has 3 amide bonds. The van der Waals surface area contributed by atoms with Gasteiger partial charge in [0, 0.05) is 17.8 Å². The van der Waals surface area contributed by atoms with E-state index in [4.69, 9.17) is 11.5 Å². The van der Waals surface area contributed by atoms with Gasteiger partial charge in [0.15, 0.2) is 0 Å². The van der Waals surface area contributed by atoms with E-state index in [0.29, 0.717) is 24.3 Å². The van der Waals surface area contributed by atoms with Crippen molar-refractivity contribution < 1.29 is 9.59 Å². The first-order chi connectivity index (χ1) is 9.61. The van der Waals surface area contributed by atoms with E-state index >= 15 is 0 Å². The molecule has 0 saturated carbocycles. The third-order valence-corrected chi connectivity index (χ3v) is 2.77. The summed E-state index contributed by atoms with van der Waals surface area (Å²) >= 11 is 0. The average molecular weight is 315 g/mol. The van der Waals surface area contributed by atoms with E-state index in [2.05, 4.69) is 10.6 Å². The molecule has 21 heavy (non-hydrogen) atoms. The number of hydrogen-bond acceptors (Lipinski definition) is 3. The van der Waals surface area contributed by atoms with Crippen LogP contribution < -0.4 is 22.1 Å². The smallest absolute Gasteiger partial charge is 0.316 e. The number of hydrogen-bond donors (Lipinski definition) is 4. The Kier molecular flexibility index (Phi) is 10.0. The van der Waals surface area contributed by atoms with Crippen molar-refractivity contribution in [2.24, 2.45) is 11.5 Å². The summed E-state index contributed by atoms with van der Waals surface area (Å²) in [6.45, 7) is 0.700. The van der Waals surface area contributed by atoms with E-state index in [1.807, 2.05) is 0 Å². The van der Waals surface area contributed by atoms with Crippen molar-refractivity contribution in [1.82, 2.24) is 0 Å². The number of anilines is 2. The van der Waals surface area contributed by atoms with Gasteiger partial charge in [-0.3, -0.25) is 4.79 Å². The molecule has 0 aliphatic heterocycles. The number of urea groups is 1. The van der Waals surface area contributed by atoms with Gasteiger partial charge in [0.05, 0.1) is 0 Å². The molecule has 7 heteroatoms. The number of nitrogens with one attached hydrogen (secondary N) is 2. The lowest BCUT2D eigenvalue weighted by atomic mass is 10.1. The van der Waals surface area contributed by atoms with Gasteiger partial charge in [0.25, 0.3) is 0 Å². The highest BCUT2D eigenvalue weighted by molar-refractivity contribution is 5.93. The number of primary amides is 1. The first kappa shape index (κ1) is 19.2. The zero-order valence-electron chi connectivity index (χ0n) is 11.9. The molecule has 6 nitrogen and oxygen atoms in total. The molecule has 0 fully saturated rings. The lowest BCUT2D eigenvalue weighted by molar-refractivity contribution is -0.116. The summed E-state index contributed by atoms with van der Waals surface area (Å²) in [5.74, 6) is -0.0334. The second-order valence-electron chi connectivity index (χ2n) is 4.57. The number of halogens is 1. The van der Waals surface area contributed by atoms with Gasteiger partial charge < -0.3 is 22.1 Å². The fourth-order valence-corrected chi connectivity index (χ4v) is 1.82. The minimum atomic E-state index is -0.631. The Hall–Kier alpha value is -1.79. The maximum atomic E-state index is 11.7. The summed E-state index contributed by atoms with van der Waals surface area (Å²) in [4.78, 5) is 22.5. The summed E-state index contributed by atoms with van der Waals surface area (Å²) in [5.41, 5.74) is 11.6. The normalized spacial score (nSPS) is 9.57. The van der Waals surface area contributed by atoms with Gasteiger partial charge in [-0.15, -0.1) is 12.4 Å². The summed E-state index contributed by atoms with van der Waals surface area (Å²) in [6, 6.07) is 6.23. The molecule has 0 aliphatic carbocycles. The molecule has 1 rings (SSSR count). The Morgan fingerprint density at radius 1 is 1.00 bits per heavy atom. The molecule has 1 aromatic carbocycles. The van der Waals surface area contributed by atoms with E-state index in [1.165, 1.54) is 0 Å². The Balaban J connectivity index is 0.00000400. The maximum absolute atomic E-state index is 11.7. The van der Waals surface area contributed by atoms with E-state index in [0.717, 1.165) is 25.7 Å². The first-order valence-corrected chi connectivity index (χ1v) is 6.78. The second-order valence-corrected chi connectivity index (χ2v) is 4.57. The number of carbonyl (C=O) groups is 2. The molecule has 0 spiro atoms. The summed E-state index contributed by atoms with van der Waals surface area (Å²) in [6.07, 6.45) is 4.40. The molecule has 6 N–H and O–H groups in total. The molecule has 0 bridgehead atoms. The molecule has 0 atom stereocenters. The van der Waals surface area contributed by atoms with Gasteiger partial charge in [-0.05, 0) is 37.6 Å². The minimum Gasteiger partial charge on any atom is -0.351 e. The Bertz CT molecular complexity index is 454. The van der Waals surface area contributed by atoms with Crippen molar-refractivity contribution >= 4 is 35.7 Å². The van der Waals surface area contributed by atoms with Crippen LogP contribution in [0.4, 0.5) is 16.2 Å². The number of amides is 3. The van der Waals surface area contributed by atoms with E-state index in [-0.39, 0.29) is 18.3 Å². The zero-order valence-corrected chi connectivity index (χ0v) is 12.7. The van der Waals surface area contributed by atoms with Crippen LogP contribution >= 0.6 is 12.4 Å². The number of carbonyl (C=O) groups excluding carboxylic acids is 2. The Morgan fingerprint density at radius 2 is 1.62 bits per heavy atom. The first-order valence-electron chi connectivity index (χ1n) is 6.78. The summed E-state index contributed by atoms with van der Waals surface area (Å²) in [5, 5.41) is 5.25. The summed E-state index contributed by atoms with van der Waals surface area (Å²) < 4.78 is 0. The minimum absolute atomic E-state index is 0. The molecule has 1 aromatic rings. The molecular formula is C14H23ClN4O2. The van der Waals surface area contributed by atoms with Crippen molar-refractivity contribution in [3.63, 3.8) is 0 Å². The van der Waals surface area contributed by atoms with Crippen LogP contribution in [0.5, 0.6) is 0 Å². The Morgan fingerprint density at radius 3 is 2.24 bits per heavy atom. The molecule has 0 radical (unpaired) electrons. The van der Waals surface area contributed by atoms with Crippen LogP contribution in [0.1, 0.15) is 32.1 Å². The third kappa shape index (κ3) is 8.88. The number of nitrogens with two attached hydrogens (primary N) is 2. The van der Waals surface area contributed by atoms with Gasteiger partial charge in [-0.1, -0.05) is 18.9 Å². The van der Waals surface area contributed by atoms with Crippen LogP contribution in [0.15, 0.2) is 24.3 Å². The van der Waals surface area contributed by atoms with Gasteiger partial charge in [-0.2, -0.15) is 0 Å². The van der Waals surface area contributed by atoms with Crippen molar-refractivity contribution in [2.45, 2.75) is 32.1 Å². The van der Waals surface area contributed by atoms with E-state index in [9.17, 15) is 9.59 Å². The van der Waals surface area contributed by atoms with Gasteiger partial charge >= 0.3 is 6.03 Å². The highest BCUT2D eigenvalue weighted by Crippen LogP contribution is 2.15. The predicted molar refractivity (Wildman–Crippen MR) is 87.7 cm³/mol. The SMILES string of the molecule is Cl.NCCCCCCC(=O)Nc1cccc(NC(N)=O)c1. The monoisotopic (exact) mass is 314 g/mol. The number of unbranched alkanes of at least 4 members (excludes halogenated alkanes) is 3. The molecule has 0 aliphatic rings. The quantitative estimate of drug-likeness (QED) is 0.553. The average Bonchev–Trinajstić information content (AvgIpc) is 2.38. The fraction of sp³-hybridized carbons (Fsp3) is 0.429. The van der Waals surface area contributed by atoms with E-state index < -0.39 is 6.03 Å². The zero-order chi connectivity index (χ0) is 14.8. The third-order valence-electron chi connectivity index (χ3n) is 2.77. The highest BCUT2D eigenvalue weighted by Gasteiger charge is 2.03. The van der Waals surface area contributed by atoms with E-state index in [1.54, 1.807) is 24.3 Å². The van der Waals surface area contributed by atoms with Crippen LogP contribution in [0, 0.1) is 0 Å². The fourth-order valence-electron chi connectivity index (χ4n) is 1.82. The number of rotatable bonds is 8. The highest BCUT2D eigenvalue weighted by atomic mass is 35.5. The number of benzene rings is 1. The Labute approximate surface area is 131 Å². The van der Waals surface area contributed by atoms with Crippen molar-refractivity contribution in [3.8, 4) is 0 Å². The predicted octanol–water partition coefficient (Wildman–Crippen LogP) is 2.45. The molecule has 0 heterocycles. The topological polar surface area (TPSA) is 110 Å². The molecular weight excluding hydrogens is 292 g/mol. The van der Waals surface area contributed by atoms with Crippen molar-refractivity contribution in [1.29, 1.82) is 0 Å². The summed E-state index contributed by atoms with van der Waals surface area (Å²) in [7, 11) is 0. The van der Waals surface area contributed by atoms with Gasteiger partial charge in [-0.25, -0.2) is 4.79 Å². The van der Waals surface area contributed by atoms with Crippen LogP contribution in [0.2, 0.25) is 0 Å².